The molecule has 4 aromatic carbocycles. The van der Waals surface area contributed by atoms with Crippen molar-refractivity contribution in [2.24, 2.45) is 4.99 Å². The van der Waals surface area contributed by atoms with Gasteiger partial charge in [-0.2, -0.15) is 0 Å². The molecule has 0 unspecified atom stereocenters. The molecule has 158 valence electrons. The van der Waals surface area contributed by atoms with Crippen LogP contribution in [0.15, 0.2) is 89.9 Å². The van der Waals surface area contributed by atoms with Crippen LogP contribution in [0.3, 0.4) is 0 Å². The van der Waals surface area contributed by atoms with Crippen molar-refractivity contribution in [3.63, 3.8) is 0 Å². The van der Waals surface area contributed by atoms with E-state index < -0.39 is 11.9 Å². The molecule has 0 spiro atoms. The lowest BCUT2D eigenvalue weighted by Gasteiger charge is -2.11. The molecular formula is C27H21NO4. The van der Waals surface area contributed by atoms with Gasteiger partial charge in [0.25, 0.3) is 0 Å². The number of ether oxygens (including phenoxy) is 2. The SMILES string of the molecule is COC(=O)c1ccc(N=Cc2c(OC(=O)c3ccc(C)cc3)ccc3ccccc23)cc1. The van der Waals surface area contributed by atoms with Crippen molar-refractivity contribution in [1.29, 1.82) is 0 Å². The predicted molar refractivity (Wildman–Crippen MR) is 125 cm³/mol. The lowest BCUT2D eigenvalue weighted by Crippen LogP contribution is -2.10. The number of esters is 2. The highest BCUT2D eigenvalue weighted by molar-refractivity contribution is 6.04. The molecule has 5 heteroatoms. The number of hydrogen-bond acceptors (Lipinski definition) is 5. The molecule has 0 heterocycles. The minimum atomic E-state index is -0.433. The second kappa shape index (κ2) is 9.27. The molecule has 5 nitrogen and oxygen atoms in total. The van der Waals surface area contributed by atoms with E-state index in [9.17, 15) is 9.59 Å². The summed E-state index contributed by atoms with van der Waals surface area (Å²) in [5.41, 5.74) is 3.34. The first kappa shape index (κ1) is 21.0. The largest absolute Gasteiger partial charge is 0.465 e. The van der Waals surface area contributed by atoms with Gasteiger partial charge in [-0.1, -0.05) is 48.0 Å². The van der Waals surface area contributed by atoms with Crippen LogP contribution in [0.5, 0.6) is 5.75 Å². The van der Waals surface area contributed by atoms with Crippen LogP contribution < -0.4 is 4.74 Å². The number of rotatable bonds is 5. The Morgan fingerprint density at radius 2 is 1.44 bits per heavy atom. The molecule has 0 atom stereocenters. The molecule has 0 aliphatic heterocycles. The first-order chi connectivity index (χ1) is 15.5. The number of carbonyl (C=O) groups excluding carboxylic acids is 2. The fourth-order valence-corrected chi connectivity index (χ4v) is 3.29. The van der Waals surface area contributed by atoms with Crippen LogP contribution in [0.2, 0.25) is 0 Å². The first-order valence-electron chi connectivity index (χ1n) is 10.1. The lowest BCUT2D eigenvalue weighted by molar-refractivity contribution is 0.0600. The summed E-state index contributed by atoms with van der Waals surface area (Å²) in [7, 11) is 1.34. The zero-order valence-corrected chi connectivity index (χ0v) is 17.7. The summed E-state index contributed by atoms with van der Waals surface area (Å²) in [6.07, 6.45) is 1.67. The summed E-state index contributed by atoms with van der Waals surface area (Å²) >= 11 is 0. The summed E-state index contributed by atoms with van der Waals surface area (Å²) in [5.74, 6) is -0.415. The van der Waals surface area contributed by atoms with E-state index in [1.54, 1.807) is 48.7 Å². The zero-order chi connectivity index (χ0) is 22.5. The van der Waals surface area contributed by atoms with Gasteiger partial charge in [0.15, 0.2) is 0 Å². The minimum absolute atomic E-state index is 0.403. The highest BCUT2D eigenvalue weighted by atomic mass is 16.5. The van der Waals surface area contributed by atoms with Gasteiger partial charge in [0.05, 0.1) is 23.9 Å². The molecule has 0 bridgehead atoms. The Hall–Kier alpha value is -4.25. The van der Waals surface area contributed by atoms with Crippen molar-refractivity contribution in [2.45, 2.75) is 6.92 Å². The average Bonchev–Trinajstić information content (AvgIpc) is 2.83. The third-order valence-corrected chi connectivity index (χ3v) is 5.05. The summed E-state index contributed by atoms with van der Waals surface area (Å²) < 4.78 is 10.5. The third-order valence-electron chi connectivity index (χ3n) is 5.05. The van der Waals surface area contributed by atoms with Gasteiger partial charge in [-0.05, 0) is 60.2 Å². The molecule has 0 aliphatic carbocycles. The van der Waals surface area contributed by atoms with E-state index in [0.717, 1.165) is 16.3 Å². The van der Waals surface area contributed by atoms with Crippen LogP contribution in [0, 0.1) is 6.92 Å². The van der Waals surface area contributed by atoms with Crippen molar-refractivity contribution in [2.75, 3.05) is 7.11 Å². The Labute approximate surface area is 185 Å². The van der Waals surface area contributed by atoms with Crippen LogP contribution in [0.4, 0.5) is 5.69 Å². The van der Waals surface area contributed by atoms with Gasteiger partial charge >= 0.3 is 11.9 Å². The summed E-state index contributed by atoms with van der Waals surface area (Å²) in [6, 6.07) is 25.5. The topological polar surface area (TPSA) is 65.0 Å². The quantitative estimate of drug-likeness (QED) is 0.228. The summed E-state index contributed by atoms with van der Waals surface area (Å²) in [6.45, 7) is 1.96. The van der Waals surface area contributed by atoms with E-state index in [1.807, 2.05) is 49.4 Å². The zero-order valence-electron chi connectivity index (χ0n) is 17.7. The van der Waals surface area contributed by atoms with E-state index in [1.165, 1.54) is 7.11 Å². The van der Waals surface area contributed by atoms with Gasteiger partial charge in [-0.15, -0.1) is 0 Å². The molecule has 0 aliphatic rings. The van der Waals surface area contributed by atoms with Crippen molar-refractivity contribution in [3.8, 4) is 5.75 Å². The van der Waals surface area contributed by atoms with Crippen LogP contribution in [-0.4, -0.2) is 25.3 Å². The Balaban J connectivity index is 1.68. The number of hydrogen-bond donors (Lipinski definition) is 0. The van der Waals surface area contributed by atoms with Gasteiger partial charge < -0.3 is 9.47 Å². The highest BCUT2D eigenvalue weighted by Crippen LogP contribution is 2.28. The Morgan fingerprint density at radius 3 is 2.16 bits per heavy atom. The second-order valence-electron chi connectivity index (χ2n) is 7.25. The maximum absolute atomic E-state index is 12.7. The maximum atomic E-state index is 12.7. The number of aliphatic imine (C=N–C) groups is 1. The van der Waals surface area contributed by atoms with E-state index in [2.05, 4.69) is 4.99 Å². The molecule has 4 aromatic rings. The molecule has 0 fully saturated rings. The fraction of sp³-hybridized carbons (Fsp3) is 0.0741. The van der Waals surface area contributed by atoms with Gasteiger partial charge in [0.1, 0.15) is 5.75 Å². The number of nitrogens with zero attached hydrogens (tertiary/aromatic N) is 1. The molecule has 0 aromatic heterocycles. The minimum Gasteiger partial charge on any atom is -0.465 e. The van der Waals surface area contributed by atoms with Crippen molar-refractivity contribution in [3.05, 3.63) is 107 Å². The molecule has 0 amide bonds. The molecule has 0 radical (unpaired) electrons. The smallest absolute Gasteiger partial charge is 0.343 e. The third kappa shape index (κ3) is 4.57. The number of carbonyl (C=O) groups is 2. The molecule has 0 saturated carbocycles. The molecule has 32 heavy (non-hydrogen) atoms. The monoisotopic (exact) mass is 423 g/mol. The van der Waals surface area contributed by atoms with Gasteiger partial charge in [0.2, 0.25) is 0 Å². The number of methoxy groups -OCH3 is 1. The summed E-state index contributed by atoms with van der Waals surface area (Å²) in [4.78, 5) is 28.9. The maximum Gasteiger partial charge on any atom is 0.343 e. The van der Waals surface area contributed by atoms with Gasteiger partial charge in [-0.25, -0.2) is 9.59 Å². The second-order valence-corrected chi connectivity index (χ2v) is 7.25. The van der Waals surface area contributed by atoms with Crippen LogP contribution in [0.25, 0.3) is 10.8 Å². The predicted octanol–water partition coefficient (Wildman–Crippen LogP) is 5.90. The van der Waals surface area contributed by atoms with Crippen LogP contribution in [-0.2, 0) is 4.74 Å². The van der Waals surface area contributed by atoms with E-state index in [4.69, 9.17) is 9.47 Å². The molecule has 0 N–H and O–H groups in total. The molecule has 4 rings (SSSR count). The lowest BCUT2D eigenvalue weighted by atomic mass is 10.0. The van der Waals surface area contributed by atoms with Crippen LogP contribution in [0.1, 0.15) is 31.8 Å². The standard InChI is InChI=1S/C27H21NO4/c1-18-7-9-21(10-8-18)27(30)32-25-16-13-19-5-3-4-6-23(19)24(25)17-28-22-14-11-20(12-15-22)26(29)31-2/h3-17H,1-2H3. The van der Waals surface area contributed by atoms with Crippen molar-refractivity contribution < 1.29 is 19.1 Å². The number of aryl methyl sites for hydroxylation is 1. The Morgan fingerprint density at radius 1 is 0.781 bits per heavy atom. The van der Waals surface area contributed by atoms with Crippen LogP contribution >= 0.6 is 0 Å². The number of benzene rings is 4. The fourth-order valence-electron chi connectivity index (χ4n) is 3.29. The van der Waals surface area contributed by atoms with Crippen molar-refractivity contribution in [1.82, 2.24) is 0 Å². The first-order valence-corrected chi connectivity index (χ1v) is 10.1. The average molecular weight is 423 g/mol. The molecule has 0 saturated heterocycles. The van der Waals surface area contributed by atoms with Crippen molar-refractivity contribution >= 4 is 34.6 Å². The van der Waals surface area contributed by atoms with Gasteiger partial charge in [-0.3, -0.25) is 4.99 Å². The number of fused-ring (bicyclic) bond motifs is 1. The van der Waals surface area contributed by atoms with E-state index >= 15 is 0 Å². The normalized spacial score (nSPS) is 10.9. The summed E-state index contributed by atoms with van der Waals surface area (Å²) in [5, 5.41) is 1.92. The van der Waals surface area contributed by atoms with E-state index in [0.29, 0.717) is 28.1 Å². The van der Waals surface area contributed by atoms with Gasteiger partial charge in [0, 0.05) is 11.8 Å². The Bertz CT molecular complexity index is 1310. The van der Waals surface area contributed by atoms with E-state index in [-0.39, 0.29) is 0 Å². The highest BCUT2D eigenvalue weighted by Gasteiger charge is 2.13. The molecular weight excluding hydrogens is 402 g/mol. The Kier molecular flexibility index (Phi) is 6.08.